The number of hydrogen-bond acceptors (Lipinski definition) is 8. The Bertz CT molecular complexity index is 1180. The van der Waals surface area contributed by atoms with Crippen LogP contribution in [0.5, 0.6) is 0 Å². The van der Waals surface area contributed by atoms with Gasteiger partial charge in [-0.05, 0) is 67.5 Å². The summed E-state index contributed by atoms with van der Waals surface area (Å²) in [5, 5.41) is 34.7. The van der Waals surface area contributed by atoms with Gasteiger partial charge in [0, 0.05) is 6.54 Å². The fourth-order valence-corrected chi connectivity index (χ4v) is 4.13. The number of tetrazole rings is 1. The number of nitrogens with zero attached hydrogens (tertiary/aromatic N) is 6. The summed E-state index contributed by atoms with van der Waals surface area (Å²) in [6, 6.07) is 5.72. The number of nitrogens with one attached hydrogen (secondary N) is 1. The van der Waals surface area contributed by atoms with Gasteiger partial charge < -0.3 is 15.5 Å². The van der Waals surface area contributed by atoms with E-state index in [2.05, 4.69) is 30.7 Å². The number of aliphatic hydroxyl groups excluding tert-OH is 1. The summed E-state index contributed by atoms with van der Waals surface area (Å²) in [7, 11) is 0. The van der Waals surface area contributed by atoms with Crippen LogP contribution in [0.25, 0.3) is 11.5 Å². The number of aliphatic hydroxyl groups is 2. The molecule has 0 bridgehead atoms. The molecule has 1 saturated carbocycles. The fourth-order valence-electron chi connectivity index (χ4n) is 3.93. The second kappa shape index (κ2) is 10.1. The Morgan fingerprint density at radius 1 is 1.29 bits per heavy atom. The number of rotatable bonds is 7. The van der Waals surface area contributed by atoms with Gasteiger partial charge in [0.1, 0.15) is 23.0 Å². The predicted molar refractivity (Wildman–Crippen MR) is 120 cm³/mol. The molecule has 12 heteroatoms. The molecule has 0 aliphatic heterocycles. The molecule has 0 spiro atoms. The van der Waals surface area contributed by atoms with Crippen molar-refractivity contribution >= 4 is 17.5 Å². The monoisotopic (exact) mass is 489 g/mol. The standard InChI is InChI=1S/C22H25ClFN7O3/c1-13-26-18(9-19(27-13)21(33)25-10-15-2-3-17(24)16(23)8-15)20-28-30-31(29-20)11-14-4-6-22(34,12-32)7-5-14/h2-3,8-9,14,32,34H,4-7,10-12H2,1H3,(H,25,33)/t14-,22+. The average Bonchev–Trinajstić information content (AvgIpc) is 3.29. The SMILES string of the molecule is Cc1nc(C(=O)NCc2ccc(F)c(Cl)c2)cc(-c2nnn(C[C@H]3CC[C@](O)(CO)CC3)n2)n1. The van der Waals surface area contributed by atoms with E-state index in [1.165, 1.54) is 29.1 Å². The number of aryl methyl sites for hydroxylation is 1. The molecule has 3 aromatic rings. The minimum absolute atomic E-state index is 0.0154. The van der Waals surface area contributed by atoms with Crippen LogP contribution in [0.1, 0.15) is 47.6 Å². The third kappa shape index (κ3) is 5.72. The van der Waals surface area contributed by atoms with Gasteiger partial charge in [-0.1, -0.05) is 17.7 Å². The fraction of sp³-hybridized carbons (Fsp3) is 0.455. The smallest absolute Gasteiger partial charge is 0.270 e. The lowest BCUT2D eigenvalue weighted by Gasteiger charge is -2.34. The highest BCUT2D eigenvalue weighted by Gasteiger charge is 2.32. The van der Waals surface area contributed by atoms with E-state index in [4.69, 9.17) is 11.6 Å². The minimum atomic E-state index is -0.990. The predicted octanol–water partition coefficient (Wildman–Crippen LogP) is 2.07. The zero-order valence-electron chi connectivity index (χ0n) is 18.6. The summed E-state index contributed by atoms with van der Waals surface area (Å²) in [5.41, 5.74) is 0.167. The molecule has 1 aliphatic rings. The molecule has 4 rings (SSSR count). The molecule has 0 radical (unpaired) electrons. The van der Waals surface area contributed by atoms with Crippen molar-refractivity contribution in [3.8, 4) is 11.5 Å². The Hall–Kier alpha value is -3.02. The van der Waals surface area contributed by atoms with Crippen LogP contribution in [0.2, 0.25) is 5.02 Å². The number of halogens is 2. The lowest BCUT2D eigenvalue weighted by Crippen LogP contribution is -2.38. The van der Waals surface area contributed by atoms with Crippen molar-refractivity contribution in [2.45, 2.75) is 51.3 Å². The Labute approximate surface area is 200 Å². The first-order chi connectivity index (χ1) is 16.2. The molecular formula is C22H25ClFN7O3. The molecule has 0 saturated heterocycles. The van der Waals surface area contributed by atoms with Crippen LogP contribution in [0, 0.1) is 18.7 Å². The minimum Gasteiger partial charge on any atom is -0.393 e. The van der Waals surface area contributed by atoms with Crippen LogP contribution < -0.4 is 5.32 Å². The molecule has 1 aromatic carbocycles. The molecule has 34 heavy (non-hydrogen) atoms. The van der Waals surface area contributed by atoms with Crippen molar-refractivity contribution in [2.24, 2.45) is 5.92 Å². The maximum absolute atomic E-state index is 13.3. The molecule has 0 unspecified atom stereocenters. The van der Waals surface area contributed by atoms with Crippen molar-refractivity contribution in [3.63, 3.8) is 0 Å². The normalized spacial score (nSPS) is 20.3. The number of benzene rings is 1. The van der Waals surface area contributed by atoms with Crippen LogP contribution in [0.3, 0.4) is 0 Å². The van der Waals surface area contributed by atoms with Crippen LogP contribution in [-0.4, -0.2) is 58.5 Å². The van der Waals surface area contributed by atoms with E-state index in [1.54, 1.807) is 6.92 Å². The van der Waals surface area contributed by atoms with Gasteiger partial charge in [0.2, 0.25) is 5.82 Å². The molecule has 2 aromatic heterocycles. The summed E-state index contributed by atoms with van der Waals surface area (Å²) < 4.78 is 13.3. The van der Waals surface area contributed by atoms with Crippen LogP contribution in [0.15, 0.2) is 24.3 Å². The van der Waals surface area contributed by atoms with Crippen molar-refractivity contribution < 1.29 is 19.4 Å². The van der Waals surface area contributed by atoms with Crippen LogP contribution in [0.4, 0.5) is 4.39 Å². The third-order valence-corrected chi connectivity index (χ3v) is 6.23. The van der Waals surface area contributed by atoms with E-state index in [-0.39, 0.29) is 35.6 Å². The molecule has 3 N–H and O–H groups in total. The first kappa shape index (κ1) is 24.1. The second-order valence-corrected chi connectivity index (χ2v) is 9.02. The quantitative estimate of drug-likeness (QED) is 0.458. The summed E-state index contributed by atoms with van der Waals surface area (Å²) >= 11 is 5.79. The molecule has 10 nitrogen and oxygen atoms in total. The number of carbonyl (C=O) groups excluding carboxylic acids is 1. The highest BCUT2D eigenvalue weighted by atomic mass is 35.5. The molecule has 2 heterocycles. The van der Waals surface area contributed by atoms with E-state index in [0.717, 1.165) is 12.8 Å². The number of hydrogen-bond donors (Lipinski definition) is 3. The first-order valence-corrected chi connectivity index (χ1v) is 11.3. The zero-order valence-corrected chi connectivity index (χ0v) is 19.3. The Morgan fingerprint density at radius 2 is 2.06 bits per heavy atom. The molecular weight excluding hydrogens is 465 g/mol. The van der Waals surface area contributed by atoms with E-state index in [9.17, 15) is 19.4 Å². The first-order valence-electron chi connectivity index (χ1n) is 10.9. The maximum Gasteiger partial charge on any atom is 0.270 e. The van der Waals surface area contributed by atoms with Gasteiger partial charge in [-0.3, -0.25) is 4.79 Å². The third-order valence-electron chi connectivity index (χ3n) is 5.94. The van der Waals surface area contributed by atoms with E-state index >= 15 is 0 Å². The van der Waals surface area contributed by atoms with Crippen LogP contribution in [-0.2, 0) is 13.1 Å². The maximum atomic E-state index is 13.3. The summed E-state index contributed by atoms with van der Waals surface area (Å²) in [5.74, 6) is -0.0454. The van der Waals surface area contributed by atoms with Gasteiger partial charge in [-0.15, -0.1) is 10.2 Å². The molecule has 1 fully saturated rings. The zero-order chi connectivity index (χ0) is 24.3. The van der Waals surface area contributed by atoms with E-state index in [1.807, 2.05) is 0 Å². The van der Waals surface area contributed by atoms with Gasteiger partial charge in [0.05, 0.1) is 23.8 Å². The highest BCUT2D eigenvalue weighted by molar-refractivity contribution is 6.30. The topological polar surface area (TPSA) is 139 Å². The Balaban J connectivity index is 1.41. The van der Waals surface area contributed by atoms with Gasteiger partial charge in [0.15, 0.2) is 0 Å². The van der Waals surface area contributed by atoms with Crippen molar-refractivity contribution in [1.29, 1.82) is 0 Å². The second-order valence-electron chi connectivity index (χ2n) is 8.61. The number of carbonyl (C=O) groups is 1. The van der Waals surface area contributed by atoms with Crippen LogP contribution >= 0.6 is 11.6 Å². The summed E-state index contributed by atoms with van der Waals surface area (Å²) in [6.07, 6.45) is 2.57. The van der Waals surface area contributed by atoms with Gasteiger partial charge in [-0.25, -0.2) is 14.4 Å². The average molecular weight is 490 g/mol. The van der Waals surface area contributed by atoms with Crippen molar-refractivity contribution in [2.75, 3.05) is 6.61 Å². The molecule has 1 aliphatic carbocycles. The van der Waals surface area contributed by atoms with Crippen molar-refractivity contribution in [1.82, 2.24) is 35.5 Å². The van der Waals surface area contributed by atoms with Gasteiger partial charge in [0.25, 0.3) is 5.91 Å². The molecule has 180 valence electrons. The summed E-state index contributed by atoms with van der Waals surface area (Å²) in [4.78, 5) is 22.6. The van der Waals surface area contributed by atoms with E-state index < -0.39 is 17.3 Å². The number of aromatic nitrogens is 6. The van der Waals surface area contributed by atoms with Crippen molar-refractivity contribution in [3.05, 3.63) is 52.2 Å². The largest absolute Gasteiger partial charge is 0.393 e. The lowest BCUT2D eigenvalue weighted by molar-refractivity contribution is -0.0535. The lowest BCUT2D eigenvalue weighted by atomic mass is 9.79. The molecule has 1 amide bonds. The molecule has 0 atom stereocenters. The van der Waals surface area contributed by atoms with E-state index in [0.29, 0.717) is 36.5 Å². The summed E-state index contributed by atoms with van der Waals surface area (Å²) in [6.45, 7) is 2.12. The Kier molecular flexibility index (Phi) is 7.15. The number of amides is 1. The highest BCUT2D eigenvalue weighted by Crippen LogP contribution is 2.32. The van der Waals surface area contributed by atoms with Gasteiger partial charge in [-0.2, -0.15) is 4.80 Å². The van der Waals surface area contributed by atoms with Gasteiger partial charge >= 0.3 is 0 Å². The Morgan fingerprint density at radius 3 is 2.76 bits per heavy atom.